The molecule has 1 rings (SSSR count). The van der Waals surface area contributed by atoms with Crippen molar-refractivity contribution in [2.45, 2.75) is 26.4 Å². The van der Waals surface area contributed by atoms with Crippen LogP contribution >= 0.6 is 0 Å². The highest BCUT2D eigenvalue weighted by Gasteiger charge is 2.11. The largest absolute Gasteiger partial charge is 0.478 e. The lowest BCUT2D eigenvalue weighted by Gasteiger charge is -2.10. The molecule has 16 heavy (non-hydrogen) atoms. The third-order valence-corrected chi connectivity index (χ3v) is 2.25. The Morgan fingerprint density at radius 2 is 1.75 bits per heavy atom. The van der Waals surface area contributed by atoms with Crippen molar-refractivity contribution in [1.82, 2.24) is 0 Å². The Kier molecular flexibility index (Phi) is 4.05. The van der Waals surface area contributed by atoms with Crippen LogP contribution in [0.4, 0.5) is 0 Å². The molecule has 0 amide bonds. The first-order valence-corrected chi connectivity index (χ1v) is 5.09. The van der Waals surface area contributed by atoms with Crippen molar-refractivity contribution in [3.63, 3.8) is 0 Å². The quantitative estimate of drug-likeness (QED) is 0.794. The lowest BCUT2D eigenvalue weighted by atomic mass is 10.1. The second kappa shape index (κ2) is 5.30. The van der Waals surface area contributed by atoms with E-state index in [4.69, 9.17) is 9.84 Å². The summed E-state index contributed by atoms with van der Waals surface area (Å²) < 4.78 is 5.10. The molecule has 86 valence electrons. The number of carboxylic acid groups (broad SMARTS) is 1. The summed E-state index contributed by atoms with van der Waals surface area (Å²) in [6.07, 6.45) is 0.616. The summed E-state index contributed by atoms with van der Waals surface area (Å²) in [5.41, 5.74) is 0.519. The molecule has 0 aliphatic rings. The van der Waals surface area contributed by atoms with Crippen LogP contribution in [0.15, 0.2) is 24.3 Å². The summed E-state index contributed by atoms with van der Waals surface area (Å²) in [6.45, 7) is 3.73. The van der Waals surface area contributed by atoms with Crippen LogP contribution in [-0.2, 0) is 4.74 Å². The summed E-state index contributed by atoms with van der Waals surface area (Å²) in [6, 6.07) is 5.67. The highest BCUT2D eigenvalue weighted by atomic mass is 16.5. The average molecular weight is 222 g/mol. The number of ether oxygens (including phenoxy) is 1. The van der Waals surface area contributed by atoms with Gasteiger partial charge in [0.1, 0.15) is 0 Å². The SMILES string of the molecule is CCC(C)OC(=O)c1ccc(C(=O)O)cc1. The summed E-state index contributed by atoms with van der Waals surface area (Å²) in [7, 11) is 0. The lowest BCUT2D eigenvalue weighted by molar-refractivity contribution is 0.0334. The van der Waals surface area contributed by atoms with Crippen molar-refractivity contribution < 1.29 is 19.4 Å². The van der Waals surface area contributed by atoms with Crippen LogP contribution in [-0.4, -0.2) is 23.1 Å². The molecule has 0 aliphatic heterocycles. The first-order valence-electron chi connectivity index (χ1n) is 5.09. The zero-order valence-corrected chi connectivity index (χ0v) is 9.27. The molecular weight excluding hydrogens is 208 g/mol. The second-order valence-corrected chi connectivity index (χ2v) is 3.51. The van der Waals surface area contributed by atoms with Gasteiger partial charge in [0.2, 0.25) is 0 Å². The van der Waals surface area contributed by atoms with Crippen molar-refractivity contribution in [3.8, 4) is 0 Å². The predicted octanol–water partition coefficient (Wildman–Crippen LogP) is 2.34. The van der Waals surface area contributed by atoms with E-state index < -0.39 is 11.9 Å². The maximum absolute atomic E-state index is 11.5. The highest BCUT2D eigenvalue weighted by molar-refractivity contribution is 5.92. The maximum atomic E-state index is 11.5. The van der Waals surface area contributed by atoms with Crippen molar-refractivity contribution in [1.29, 1.82) is 0 Å². The summed E-state index contributed by atoms with van der Waals surface area (Å²) in [5.74, 6) is -1.44. The van der Waals surface area contributed by atoms with Crippen LogP contribution < -0.4 is 0 Å². The van der Waals surface area contributed by atoms with Crippen molar-refractivity contribution >= 4 is 11.9 Å². The molecule has 4 heteroatoms. The molecule has 0 radical (unpaired) electrons. The van der Waals surface area contributed by atoms with Gasteiger partial charge in [0.05, 0.1) is 17.2 Å². The van der Waals surface area contributed by atoms with Gasteiger partial charge in [-0.3, -0.25) is 0 Å². The highest BCUT2D eigenvalue weighted by Crippen LogP contribution is 2.08. The van der Waals surface area contributed by atoms with E-state index in [-0.39, 0.29) is 11.7 Å². The van der Waals surface area contributed by atoms with Crippen LogP contribution in [0, 0.1) is 0 Å². The molecule has 1 unspecified atom stereocenters. The van der Waals surface area contributed by atoms with E-state index in [9.17, 15) is 9.59 Å². The van der Waals surface area contributed by atoms with Gasteiger partial charge in [0.15, 0.2) is 0 Å². The molecule has 0 spiro atoms. The molecule has 0 aliphatic carbocycles. The van der Waals surface area contributed by atoms with E-state index in [0.29, 0.717) is 5.56 Å². The normalized spacial score (nSPS) is 11.9. The average Bonchev–Trinajstić information content (AvgIpc) is 2.28. The Labute approximate surface area is 93.9 Å². The van der Waals surface area contributed by atoms with E-state index in [1.165, 1.54) is 24.3 Å². The van der Waals surface area contributed by atoms with Crippen molar-refractivity contribution in [2.75, 3.05) is 0 Å². The Balaban J connectivity index is 2.74. The minimum Gasteiger partial charge on any atom is -0.478 e. The monoisotopic (exact) mass is 222 g/mol. The topological polar surface area (TPSA) is 63.6 Å². The fourth-order valence-electron chi connectivity index (χ4n) is 1.08. The van der Waals surface area contributed by atoms with E-state index in [1.807, 2.05) is 13.8 Å². The predicted molar refractivity (Wildman–Crippen MR) is 58.6 cm³/mol. The molecule has 1 aromatic carbocycles. The number of esters is 1. The van der Waals surface area contributed by atoms with Crippen LogP contribution in [0.3, 0.4) is 0 Å². The summed E-state index contributed by atoms with van der Waals surface area (Å²) in [4.78, 5) is 22.1. The fourth-order valence-corrected chi connectivity index (χ4v) is 1.08. The summed E-state index contributed by atoms with van der Waals surface area (Å²) in [5, 5.41) is 8.68. The van der Waals surface area contributed by atoms with Gasteiger partial charge in [-0.05, 0) is 37.6 Å². The first-order chi connectivity index (χ1) is 7.54. The zero-order chi connectivity index (χ0) is 12.1. The Bertz CT molecular complexity index is 381. The number of carboxylic acids is 1. The smallest absolute Gasteiger partial charge is 0.338 e. The molecule has 1 aromatic rings. The van der Waals surface area contributed by atoms with E-state index in [1.54, 1.807) is 0 Å². The van der Waals surface area contributed by atoms with Gasteiger partial charge in [-0.15, -0.1) is 0 Å². The van der Waals surface area contributed by atoms with E-state index in [0.717, 1.165) is 6.42 Å². The zero-order valence-electron chi connectivity index (χ0n) is 9.27. The summed E-state index contributed by atoms with van der Waals surface area (Å²) >= 11 is 0. The number of rotatable bonds is 4. The minimum atomic E-state index is -1.01. The molecule has 1 atom stereocenters. The van der Waals surface area contributed by atoms with E-state index >= 15 is 0 Å². The lowest BCUT2D eigenvalue weighted by Crippen LogP contribution is -2.14. The Hall–Kier alpha value is -1.84. The van der Waals surface area contributed by atoms with Crippen LogP contribution in [0.2, 0.25) is 0 Å². The molecular formula is C12H14O4. The Morgan fingerprint density at radius 3 is 2.19 bits per heavy atom. The van der Waals surface area contributed by atoms with E-state index in [2.05, 4.69) is 0 Å². The number of benzene rings is 1. The van der Waals surface area contributed by atoms with Gasteiger partial charge in [-0.1, -0.05) is 6.92 Å². The van der Waals surface area contributed by atoms with Crippen LogP contribution in [0.1, 0.15) is 41.0 Å². The minimum absolute atomic E-state index is 0.133. The second-order valence-electron chi connectivity index (χ2n) is 3.51. The van der Waals surface area contributed by atoms with Gasteiger partial charge in [0, 0.05) is 0 Å². The van der Waals surface area contributed by atoms with Gasteiger partial charge in [0.25, 0.3) is 0 Å². The third kappa shape index (κ3) is 3.08. The van der Waals surface area contributed by atoms with Gasteiger partial charge in [-0.25, -0.2) is 9.59 Å². The fraction of sp³-hybridized carbons (Fsp3) is 0.333. The molecule has 0 fully saturated rings. The molecule has 0 heterocycles. The number of carbonyl (C=O) groups is 2. The molecule has 4 nitrogen and oxygen atoms in total. The standard InChI is InChI=1S/C12H14O4/c1-3-8(2)16-12(15)10-6-4-9(5-7-10)11(13)14/h4-8H,3H2,1-2H3,(H,13,14). The van der Waals surface area contributed by atoms with Gasteiger partial charge >= 0.3 is 11.9 Å². The maximum Gasteiger partial charge on any atom is 0.338 e. The molecule has 0 saturated carbocycles. The van der Waals surface area contributed by atoms with Gasteiger partial charge < -0.3 is 9.84 Å². The molecule has 0 aromatic heterocycles. The number of carbonyl (C=O) groups excluding carboxylic acids is 1. The van der Waals surface area contributed by atoms with Crippen molar-refractivity contribution in [3.05, 3.63) is 35.4 Å². The van der Waals surface area contributed by atoms with Gasteiger partial charge in [-0.2, -0.15) is 0 Å². The third-order valence-electron chi connectivity index (χ3n) is 2.25. The Morgan fingerprint density at radius 1 is 1.25 bits per heavy atom. The molecule has 0 saturated heterocycles. The van der Waals surface area contributed by atoms with Crippen molar-refractivity contribution in [2.24, 2.45) is 0 Å². The van der Waals surface area contributed by atoms with Crippen LogP contribution in [0.5, 0.6) is 0 Å². The first kappa shape index (κ1) is 12.2. The number of hydrogen-bond donors (Lipinski definition) is 1. The number of aromatic carboxylic acids is 1. The molecule has 0 bridgehead atoms. The number of hydrogen-bond acceptors (Lipinski definition) is 3. The molecule has 1 N–H and O–H groups in total. The van der Waals surface area contributed by atoms with Crippen LogP contribution in [0.25, 0.3) is 0 Å².